The number of hydrazone groups is 1. The average molecular weight is 330 g/mol. The zero-order chi connectivity index (χ0) is 15.5. The molecule has 2 heterocycles. The Hall–Kier alpha value is -2.16. The monoisotopic (exact) mass is 329 g/mol. The van der Waals surface area contributed by atoms with Gasteiger partial charge in [-0.05, 0) is 29.8 Å². The van der Waals surface area contributed by atoms with Crippen LogP contribution in [0.3, 0.4) is 0 Å². The summed E-state index contributed by atoms with van der Waals surface area (Å²) in [5.74, 6) is -0.0395. The van der Waals surface area contributed by atoms with Crippen LogP contribution in [0.5, 0.6) is 0 Å². The number of carbonyl (C=O) groups excluding carboxylic acids is 1. The second-order valence-electron chi connectivity index (χ2n) is 4.90. The van der Waals surface area contributed by atoms with Crippen molar-refractivity contribution < 1.29 is 4.79 Å². The maximum Gasteiger partial charge on any atom is 0.247 e. The maximum atomic E-state index is 12.3. The molecule has 0 bridgehead atoms. The molecule has 0 unspecified atom stereocenters. The fourth-order valence-corrected chi connectivity index (χ4v) is 3.30. The number of nitriles is 1. The molecule has 0 spiro atoms. The van der Waals surface area contributed by atoms with Crippen LogP contribution in [-0.4, -0.2) is 23.2 Å². The Balaban J connectivity index is 1.68. The summed E-state index contributed by atoms with van der Waals surface area (Å²) in [6.07, 6.45) is 1.03. The lowest BCUT2D eigenvalue weighted by Crippen LogP contribution is -2.25. The molecule has 3 rings (SSSR count). The van der Waals surface area contributed by atoms with E-state index >= 15 is 0 Å². The summed E-state index contributed by atoms with van der Waals surface area (Å²) < 4.78 is 0.722. The van der Waals surface area contributed by atoms with Crippen LogP contribution in [-0.2, 0) is 11.2 Å². The van der Waals surface area contributed by atoms with Crippen molar-refractivity contribution in [3.8, 4) is 6.07 Å². The predicted molar refractivity (Wildman–Crippen MR) is 87.1 cm³/mol. The second kappa shape index (κ2) is 6.30. The van der Waals surface area contributed by atoms with Gasteiger partial charge in [0.2, 0.25) is 5.91 Å². The summed E-state index contributed by atoms with van der Waals surface area (Å²) in [6.45, 7) is 0.597. The summed E-state index contributed by atoms with van der Waals surface area (Å²) >= 11 is 7.40. The molecule has 0 saturated carbocycles. The highest BCUT2D eigenvalue weighted by atomic mass is 35.5. The number of rotatable bonds is 3. The minimum atomic E-state index is -0.0395. The Bertz CT molecular complexity index is 773. The molecule has 0 fully saturated rings. The Kier molecular flexibility index (Phi) is 4.23. The van der Waals surface area contributed by atoms with E-state index in [0.29, 0.717) is 12.1 Å². The van der Waals surface area contributed by atoms with Crippen LogP contribution >= 0.6 is 22.9 Å². The van der Waals surface area contributed by atoms with Crippen LogP contribution in [0.25, 0.3) is 0 Å². The van der Waals surface area contributed by atoms with E-state index in [-0.39, 0.29) is 12.3 Å². The van der Waals surface area contributed by atoms with E-state index in [0.717, 1.165) is 26.9 Å². The quantitative estimate of drug-likeness (QED) is 0.866. The number of benzene rings is 1. The Labute approximate surface area is 137 Å². The van der Waals surface area contributed by atoms with Gasteiger partial charge < -0.3 is 0 Å². The van der Waals surface area contributed by atoms with Gasteiger partial charge in [0.1, 0.15) is 0 Å². The van der Waals surface area contributed by atoms with Crippen LogP contribution < -0.4 is 0 Å². The van der Waals surface area contributed by atoms with Crippen LogP contribution in [0.1, 0.15) is 22.4 Å². The second-order valence-corrected chi connectivity index (χ2v) is 6.62. The molecule has 0 saturated heterocycles. The van der Waals surface area contributed by atoms with Crippen LogP contribution in [0, 0.1) is 11.3 Å². The molecule has 4 nitrogen and oxygen atoms in total. The van der Waals surface area contributed by atoms with E-state index in [1.165, 1.54) is 16.3 Å². The summed E-state index contributed by atoms with van der Waals surface area (Å²) in [4.78, 5) is 13.3. The molecule has 1 aliphatic rings. The van der Waals surface area contributed by atoms with E-state index in [1.54, 1.807) is 24.3 Å². The standard InChI is InChI=1S/C16H12ClN3OS/c17-15-6-5-14(22-15)13-7-8-20(19-13)16(21)9-11-1-3-12(10-18)4-2-11/h1-6H,7-9H2. The number of nitrogens with zero attached hydrogens (tertiary/aromatic N) is 3. The van der Waals surface area contributed by atoms with Crippen LogP contribution in [0.15, 0.2) is 41.5 Å². The normalized spacial score (nSPS) is 13.8. The van der Waals surface area contributed by atoms with Gasteiger partial charge in [-0.2, -0.15) is 10.4 Å². The third-order valence-electron chi connectivity index (χ3n) is 3.39. The third kappa shape index (κ3) is 3.19. The van der Waals surface area contributed by atoms with Crippen molar-refractivity contribution in [2.24, 2.45) is 5.10 Å². The summed E-state index contributed by atoms with van der Waals surface area (Å²) in [5, 5.41) is 14.7. The summed E-state index contributed by atoms with van der Waals surface area (Å²) in [6, 6.07) is 12.9. The molecule has 2 aromatic rings. The first-order valence-electron chi connectivity index (χ1n) is 6.78. The van der Waals surface area contributed by atoms with Gasteiger partial charge in [0.15, 0.2) is 0 Å². The first-order valence-corrected chi connectivity index (χ1v) is 7.98. The van der Waals surface area contributed by atoms with Crippen molar-refractivity contribution in [3.05, 3.63) is 56.7 Å². The molecule has 1 aromatic carbocycles. The lowest BCUT2D eigenvalue weighted by atomic mass is 10.1. The first kappa shape index (κ1) is 14.8. The van der Waals surface area contributed by atoms with Gasteiger partial charge in [-0.1, -0.05) is 23.7 Å². The minimum Gasteiger partial charge on any atom is -0.273 e. The topological polar surface area (TPSA) is 56.5 Å². The van der Waals surface area contributed by atoms with Gasteiger partial charge in [-0.25, -0.2) is 5.01 Å². The van der Waals surface area contributed by atoms with Gasteiger partial charge in [0.25, 0.3) is 0 Å². The number of carbonyl (C=O) groups is 1. The lowest BCUT2D eigenvalue weighted by Gasteiger charge is -2.11. The molecule has 0 atom stereocenters. The van der Waals surface area contributed by atoms with E-state index in [1.807, 2.05) is 12.1 Å². The average Bonchev–Trinajstić information content (AvgIpc) is 3.16. The Morgan fingerprint density at radius 3 is 2.73 bits per heavy atom. The van der Waals surface area contributed by atoms with E-state index in [4.69, 9.17) is 16.9 Å². The summed E-state index contributed by atoms with van der Waals surface area (Å²) in [5.41, 5.74) is 2.38. The van der Waals surface area contributed by atoms with Gasteiger partial charge in [0, 0.05) is 6.42 Å². The van der Waals surface area contributed by atoms with Gasteiger partial charge in [0.05, 0.1) is 39.5 Å². The highest BCUT2D eigenvalue weighted by molar-refractivity contribution is 7.18. The molecule has 6 heteroatoms. The fourth-order valence-electron chi connectivity index (χ4n) is 2.24. The zero-order valence-corrected chi connectivity index (χ0v) is 13.2. The van der Waals surface area contributed by atoms with E-state index < -0.39 is 0 Å². The molecule has 22 heavy (non-hydrogen) atoms. The highest BCUT2D eigenvalue weighted by Gasteiger charge is 2.22. The van der Waals surface area contributed by atoms with Crippen molar-refractivity contribution in [1.29, 1.82) is 5.26 Å². The van der Waals surface area contributed by atoms with Crippen molar-refractivity contribution in [1.82, 2.24) is 5.01 Å². The highest BCUT2D eigenvalue weighted by Crippen LogP contribution is 2.25. The predicted octanol–water partition coefficient (Wildman–Crippen LogP) is 3.45. The van der Waals surface area contributed by atoms with Crippen molar-refractivity contribution in [2.45, 2.75) is 12.8 Å². The molecular formula is C16H12ClN3OS. The number of halogens is 1. The van der Waals surface area contributed by atoms with Crippen molar-refractivity contribution in [3.63, 3.8) is 0 Å². The third-order valence-corrected chi connectivity index (χ3v) is 4.67. The largest absolute Gasteiger partial charge is 0.273 e. The number of thiophene rings is 1. The molecule has 0 aliphatic carbocycles. The van der Waals surface area contributed by atoms with E-state index in [2.05, 4.69) is 11.2 Å². The molecule has 1 aromatic heterocycles. The zero-order valence-electron chi connectivity index (χ0n) is 11.6. The fraction of sp³-hybridized carbons (Fsp3) is 0.188. The number of hydrogen-bond acceptors (Lipinski definition) is 4. The lowest BCUT2D eigenvalue weighted by molar-refractivity contribution is -0.130. The van der Waals surface area contributed by atoms with Gasteiger partial charge in [-0.3, -0.25) is 4.79 Å². The molecule has 1 amide bonds. The van der Waals surface area contributed by atoms with Crippen LogP contribution in [0.2, 0.25) is 4.34 Å². The number of amides is 1. The van der Waals surface area contributed by atoms with Gasteiger partial charge >= 0.3 is 0 Å². The molecular weight excluding hydrogens is 318 g/mol. The first-order chi connectivity index (χ1) is 10.7. The smallest absolute Gasteiger partial charge is 0.247 e. The molecule has 1 aliphatic heterocycles. The maximum absolute atomic E-state index is 12.3. The molecule has 0 N–H and O–H groups in total. The van der Waals surface area contributed by atoms with Gasteiger partial charge in [-0.15, -0.1) is 11.3 Å². The number of hydrogen-bond donors (Lipinski definition) is 0. The van der Waals surface area contributed by atoms with Crippen molar-refractivity contribution >= 4 is 34.6 Å². The molecule has 110 valence electrons. The van der Waals surface area contributed by atoms with Crippen LogP contribution in [0.4, 0.5) is 0 Å². The summed E-state index contributed by atoms with van der Waals surface area (Å²) in [7, 11) is 0. The minimum absolute atomic E-state index is 0.0395. The SMILES string of the molecule is N#Cc1ccc(CC(=O)N2CCC(c3ccc(Cl)s3)=N2)cc1. The Morgan fingerprint density at radius 2 is 2.09 bits per heavy atom. The van der Waals surface area contributed by atoms with E-state index in [9.17, 15) is 4.79 Å². The Morgan fingerprint density at radius 1 is 1.32 bits per heavy atom. The van der Waals surface area contributed by atoms with Crippen molar-refractivity contribution in [2.75, 3.05) is 6.54 Å². The molecule has 0 radical (unpaired) electrons.